The summed E-state index contributed by atoms with van der Waals surface area (Å²) in [6.45, 7) is 4.02. The van der Waals surface area contributed by atoms with Crippen LogP contribution in [0.1, 0.15) is 19.4 Å². The van der Waals surface area contributed by atoms with Gasteiger partial charge in [-0.15, -0.1) is 11.6 Å². The minimum absolute atomic E-state index is 0.101. The molecule has 0 aromatic heterocycles. The van der Waals surface area contributed by atoms with Crippen molar-refractivity contribution in [1.82, 2.24) is 0 Å². The standard InChI is InChI=1S/C11H12BrCl/c1-8(9(2)13)7-10-3-5-11(12)6-4-10/h3-7,9H,1-2H3/b8-7+. The molecule has 0 amide bonds. The van der Waals surface area contributed by atoms with Crippen molar-refractivity contribution < 1.29 is 0 Å². The molecule has 70 valence electrons. The van der Waals surface area contributed by atoms with Crippen LogP contribution in [0.15, 0.2) is 34.3 Å². The summed E-state index contributed by atoms with van der Waals surface area (Å²) in [6.07, 6.45) is 2.10. The summed E-state index contributed by atoms with van der Waals surface area (Å²) in [5.74, 6) is 0. The first kappa shape index (κ1) is 10.8. The van der Waals surface area contributed by atoms with Crippen molar-refractivity contribution >= 4 is 33.6 Å². The minimum Gasteiger partial charge on any atom is -0.118 e. The van der Waals surface area contributed by atoms with Gasteiger partial charge in [-0.25, -0.2) is 0 Å². The highest BCUT2D eigenvalue weighted by molar-refractivity contribution is 9.10. The number of alkyl halides is 1. The summed E-state index contributed by atoms with van der Waals surface area (Å²) >= 11 is 9.33. The highest BCUT2D eigenvalue weighted by Gasteiger charge is 1.98. The molecule has 0 aliphatic heterocycles. The van der Waals surface area contributed by atoms with Gasteiger partial charge >= 0.3 is 0 Å². The van der Waals surface area contributed by atoms with Gasteiger partial charge in [-0.2, -0.15) is 0 Å². The Labute approximate surface area is 92.7 Å². The Morgan fingerprint density at radius 3 is 2.38 bits per heavy atom. The molecular weight excluding hydrogens is 247 g/mol. The van der Waals surface area contributed by atoms with Gasteiger partial charge in [-0.1, -0.05) is 39.7 Å². The van der Waals surface area contributed by atoms with Crippen LogP contribution in [-0.2, 0) is 0 Å². The molecule has 2 heteroatoms. The largest absolute Gasteiger partial charge is 0.118 e. The average Bonchev–Trinajstić information content (AvgIpc) is 2.08. The van der Waals surface area contributed by atoms with Gasteiger partial charge in [0.25, 0.3) is 0 Å². The van der Waals surface area contributed by atoms with Crippen LogP contribution in [0.25, 0.3) is 6.08 Å². The normalized spacial score (nSPS) is 14.3. The quantitative estimate of drug-likeness (QED) is 0.687. The van der Waals surface area contributed by atoms with Crippen molar-refractivity contribution in [1.29, 1.82) is 0 Å². The zero-order valence-corrected chi connectivity index (χ0v) is 10.1. The Morgan fingerprint density at radius 1 is 1.38 bits per heavy atom. The Kier molecular flexibility index (Phi) is 4.01. The van der Waals surface area contributed by atoms with Crippen LogP contribution < -0.4 is 0 Å². The SMILES string of the molecule is C/C(=C\c1ccc(Br)cc1)C(C)Cl. The van der Waals surface area contributed by atoms with E-state index in [1.54, 1.807) is 0 Å². The minimum atomic E-state index is 0.101. The molecule has 0 bridgehead atoms. The van der Waals surface area contributed by atoms with Crippen molar-refractivity contribution in [3.8, 4) is 0 Å². The number of benzene rings is 1. The molecule has 13 heavy (non-hydrogen) atoms. The summed E-state index contributed by atoms with van der Waals surface area (Å²) < 4.78 is 1.10. The molecule has 1 atom stereocenters. The van der Waals surface area contributed by atoms with E-state index in [2.05, 4.69) is 34.1 Å². The molecule has 0 fully saturated rings. The second kappa shape index (κ2) is 4.83. The molecule has 1 rings (SSSR count). The van der Waals surface area contributed by atoms with Crippen LogP contribution in [-0.4, -0.2) is 5.38 Å². The molecule has 0 N–H and O–H groups in total. The predicted octanol–water partition coefficient (Wildman–Crippen LogP) is 4.48. The van der Waals surface area contributed by atoms with Gasteiger partial charge in [-0.05, 0) is 31.5 Å². The zero-order valence-electron chi connectivity index (χ0n) is 7.72. The van der Waals surface area contributed by atoms with Gasteiger partial charge in [0.15, 0.2) is 0 Å². The fraction of sp³-hybridized carbons (Fsp3) is 0.273. The maximum Gasteiger partial charge on any atom is 0.0517 e. The van der Waals surface area contributed by atoms with Crippen molar-refractivity contribution in [3.63, 3.8) is 0 Å². The third-order valence-electron chi connectivity index (χ3n) is 1.89. The van der Waals surface area contributed by atoms with Gasteiger partial charge in [-0.3, -0.25) is 0 Å². The topological polar surface area (TPSA) is 0 Å². The van der Waals surface area contributed by atoms with Gasteiger partial charge < -0.3 is 0 Å². The predicted molar refractivity (Wildman–Crippen MR) is 63.1 cm³/mol. The summed E-state index contributed by atoms with van der Waals surface area (Å²) in [7, 11) is 0. The van der Waals surface area contributed by atoms with E-state index in [1.165, 1.54) is 11.1 Å². The number of rotatable bonds is 2. The van der Waals surface area contributed by atoms with E-state index in [0.717, 1.165) is 4.47 Å². The van der Waals surface area contributed by atoms with Crippen molar-refractivity contribution in [3.05, 3.63) is 39.9 Å². The van der Waals surface area contributed by atoms with Gasteiger partial charge in [0.1, 0.15) is 0 Å². The monoisotopic (exact) mass is 258 g/mol. The maximum absolute atomic E-state index is 5.93. The highest BCUT2D eigenvalue weighted by Crippen LogP contribution is 2.16. The first-order chi connectivity index (χ1) is 6.09. The first-order valence-corrected chi connectivity index (χ1v) is 5.40. The van der Waals surface area contributed by atoms with E-state index in [1.807, 2.05) is 26.0 Å². The lowest BCUT2D eigenvalue weighted by Crippen LogP contribution is -1.91. The first-order valence-electron chi connectivity index (χ1n) is 4.17. The molecule has 0 aliphatic carbocycles. The third-order valence-corrected chi connectivity index (χ3v) is 2.76. The van der Waals surface area contributed by atoms with E-state index in [4.69, 9.17) is 11.6 Å². The van der Waals surface area contributed by atoms with E-state index < -0.39 is 0 Å². The lowest BCUT2D eigenvalue weighted by atomic mass is 10.1. The maximum atomic E-state index is 5.93. The van der Waals surface area contributed by atoms with Crippen LogP contribution in [0.4, 0.5) is 0 Å². The van der Waals surface area contributed by atoms with Gasteiger partial charge in [0.2, 0.25) is 0 Å². The smallest absolute Gasteiger partial charge is 0.0517 e. The average molecular weight is 260 g/mol. The Morgan fingerprint density at radius 2 is 1.92 bits per heavy atom. The van der Waals surface area contributed by atoms with E-state index in [0.29, 0.717) is 0 Å². The zero-order chi connectivity index (χ0) is 9.84. The summed E-state index contributed by atoms with van der Waals surface area (Å²) in [4.78, 5) is 0. The molecule has 0 radical (unpaired) electrons. The third kappa shape index (κ3) is 3.53. The molecule has 1 aromatic rings. The van der Waals surface area contributed by atoms with Gasteiger partial charge in [0, 0.05) is 4.47 Å². The number of hydrogen-bond acceptors (Lipinski definition) is 0. The highest BCUT2D eigenvalue weighted by atomic mass is 79.9. The summed E-state index contributed by atoms with van der Waals surface area (Å²) in [6, 6.07) is 8.18. The summed E-state index contributed by atoms with van der Waals surface area (Å²) in [5, 5.41) is 0.101. The fourth-order valence-corrected chi connectivity index (χ4v) is 1.26. The second-order valence-corrected chi connectivity index (χ2v) is 4.63. The number of hydrogen-bond donors (Lipinski definition) is 0. The molecule has 1 unspecified atom stereocenters. The molecule has 0 spiro atoms. The van der Waals surface area contributed by atoms with Crippen LogP contribution in [0.3, 0.4) is 0 Å². The lowest BCUT2D eigenvalue weighted by molar-refractivity contribution is 1.12. The van der Waals surface area contributed by atoms with Crippen LogP contribution in [0.5, 0.6) is 0 Å². The molecule has 0 aliphatic rings. The molecule has 0 saturated carbocycles. The van der Waals surface area contributed by atoms with Crippen molar-refractivity contribution in [2.45, 2.75) is 19.2 Å². The molecule has 0 saturated heterocycles. The Bertz CT molecular complexity index is 298. The summed E-state index contributed by atoms with van der Waals surface area (Å²) in [5.41, 5.74) is 2.37. The molecule has 0 nitrogen and oxygen atoms in total. The van der Waals surface area contributed by atoms with Gasteiger partial charge in [0.05, 0.1) is 5.38 Å². The number of allylic oxidation sites excluding steroid dienone is 1. The number of halogens is 2. The molecule has 1 aromatic carbocycles. The second-order valence-electron chi connectivity index (χ2n) is 3.06. The van der Waals surface area contributed by atoms with Crippen LogP contribution in [0.2, 0.25) is 0 Å². The fourth-order valence-electron chi connectivity index (χ4n) is 0.937. The van der Waals surface area contributed by atoms with E-state index in [-0.39, 0.29) is 5.38 Å². The Balaban J connectivity index is 2.85. The van der Waals surface area contributed by atoms with Crippen LogP contribution >= 0.6 is 27.5 Å². The van der Waals surface area contributed by atoms with Crippen molar-refractivity contribution in [2.24, 2.45) is 0 Å². The van der Waals surface area contributed by atoms with E-state index >= 15 is 0 Å². The van der Waals surface area contributed by atoms with E-state index in [9.17, 15) is 0 Å². The van der Waals surface area contributed by atoms with Crippen molar-refractivity contribution in [2.75, 3.05) is 0 Å². The van der Waals surface area contributed by atoms with Crippen LogP contribution in [0, 0.1) is 0 Å². The Hall–Kier alpha value is -0.270. The molecular formula is C11H12BrCl. The molecule has 0 heterocycles. The lowest BCUT2D eigenvalue weighted by Gasteiger charge is -2.02.